The summed E-state index contributed by atoms with van der Waals surface area (Å²) in [5.41, 5.74) is -0.757. The number of carbonyl (C=O) groups excluding carboxylic acids is 2. The standard InChI is InChI=1S/C14H13F3N2O3/c1-2-22-13(21)11(8-18)19-12(20)7-9-4-3-5-10(6-9)14(15,16)17/h3-6,11H,2,7H2,1H3,(H,19,20)/t11-/m0/s1. The Morgan fingerprint density at radius 1 is 1.41 bits per heavy atom. The smallest absolute Gasteiger partial charge is 0.416 e. The van der Waals surface area contributed by atoms with E-state index in [4.69, 9.17) is 5.26 Å². The number of nitriles is 1. The SMILES string of the molecule is CCOC(=O)[C@H](C#N)NC(=O)Cc1cccc(C(F)(F)F)c1. The number of ether oxygens (including phenoxy) is 1. The van der Waals surface area contributed by atoms with Gasteiger partial charge in [-0.1, -0.05) is 18.2 Å². The van der Waals surface area contributed by atoms with Crippen LogP contribution >= 0.6 is 0 Å². The van der Waals surface area contributed by atoms with Gasteiger partial charge in [0.2, 0.25) is 11.9 Å². The van der Waals surface area contributed by atoms with Crippen LogP contribution in [0.5, 0.6) is 0 Å². The minimum Gasteiger partial charge on any atom is -0.464 e. The molecule has 0 aromatic heterocycles. The van der Waals surface area contributed by atoms with Crippen LogP contribution in [0.25, 0.3) is 0 Å². The van der Waals surface area contributed by atoms with Crippen molar-refractivity contribution in [1.82, 2.24) is 5.32 Å². The highest BCUT2D eigenvalue weighted by atomic mass is 19.4. The van der Waals surface area contributed by atoms with Crippen LogP contribution in [0.3, 0.4) is 0 Å². The minimum atomic E-state index is -4.51. The number of rotatable bonds is 5. The van der Waals surface area contributed by atoms with Crippen LogP contribution in [-0.4, -0.2) is 24.5 Å². The maximum absolute atomic E-state index is 12.6. The Balaban J connectivity index is 2.73. The first-order chi connectivity index (χ1) is 10.3. The van der Waals surface area contributed by atoms with E-state index in [0.29, 0.717) is 0 Å². The van der Waals surface area contributed by atoms with E-state index in [9.17, 15) is 22.8 Å². The molecule has 0 aliphatic carbocycles. The highest BCUT2D eigenvalue weighted by Gasteiger charge is 2.30. The second-order valence-electron chi connectivity index (χ2n) is 4.26. The van der Waals surface area contributed by atoms with Gasteiger partial charge in [-0.05, 0) is 18.6 Å². The van der Waals surface area contributed by atoms with Crippen LogP contribution < -0.4 is 5.32 Å². The number of alkyl halides is 3. The van der Waals surface area contributed by atoms with Crippen molar-refractivity contribution < 1.29 is 27.5 Å². The van der Waals surface area contributed by atoms with Crippen molar-refractivity contribution in [3.05, 3.63) is 35.4 Å². The van der Waals surface area contributed by atoms with E-state index in [-0.39, 0.29) is 18.6 Å². The summed E-state index contributed by atoms with van der Waals surface area (Å²) in [5.74, 6) is -1.67. The minimum absolute atomic E-state index is 0.0422. The predicted octanol–water partition coefficient (Wildman–Crippen LogP) is 1.82. The van der Waals surface area contributed by atoms with Crippen molar-refractivity contribution in [2.45, 2.75) is 25.6 Å². The van der Waals surface area contributed by atoms with Crippen molar-refractivity contribution in [1.29, 1.82) is 5.26 Å². The van der Waals surface area contributed by atoms with Crippen molar-refractivity contribution in [3.8, 4) is 6.07 Å². The monoisotopic (exact) mass is 314 g/mol. The Morgan fingerprint density at radius 2 is 2.09 bits per heavy atom. The average molecular weight is 314 g/mol. The molecule has 1 N–H and O–H groups in total. The maximum Gasteiger partial charge on any atom is 0.416 e. The molecule has 118 valence electrons. The van der Waals surface area contributed by atoms with Crippen LogP contribution in [0, 0.1) is 11.3 Å². The lowest BCUT2D eigenvalue weighted by molar-refractivity contribution is -0.145. The van der Waals surface area contributed by atoms with Crippen LogP contribution in [0.4, 0.5) is 13.2 Å². The van der Waals surface area contributed by atoms with Gasteiger partial charge in [0.25, 0.3) is 0 Å². The highest BCUT2D eigenvalue weighted by molar-refractivity contribution is 5.87. The highest BCUT2D eigenvalue weighted by Crippen LogP contribution is 2.29. The summed E-state index contributed by atoms with van der Waals surface area (Å²) in [7, 11) is 0. The quantitative estimate of drug-likeness (QED) is 0.841. The van der Waals surface area contributed by atoms with Crippen molar-refractivity contribution in [2.24, 2.45) is 0 Å². The molecule has 1 aromatic rings. The molecule has 0 saturated carbocycles. The van der Waals surface area contributed by atoms with Crippen molar-refractivity contribution >= 4 is 11.9 Å². The first-order valence-corrected chi connectivity index (χ1v) is 6.29. The zero-order chi connectivity index (χ0) is 16.8. The molecule has 0 spiro atoms. The van der Waals surface area contributed by atoms with Gasteiger partial charge in [0.15, 0.2) is 0 Å². The van der Waals surface area contributed by atoms with Gasteiger partial charge in [0.1, 0.15) is 0 Å². The number of nitrogens with one attached hydrogen (secondary N) is 1. The molecule has 0 radical (unpaired) electrons. The molecule has 0 bridgehead atoms. The lowest BCUT2D eigenvalue weighted by Gasteiger charge is -2.11. The van der Waals surface area contributed by atoms with E-state index in [0.717, 1.165) is 12.1 Å². The third-order valence-electron chi connectivity index (χ3n) is 2.58. The summed E-state index contributed by atoms with van der Waals surface area (Å²) < 4.78 is 42.3. The first-order valence-electron chi connectivity index (χ1n) is 6.29. The van der Waals surface area contributed by atoms with E-state index < -0.39 is 29.7 Å². The number of esters is 1. The van der Waals surface area contributed by atoms with Crippen molar-refractivity contribution in [2.75, 3.05) is 6.61 Å². The molecule has 0 heterocycles. The Bertz CT molecular complexity index is 594. The molecule has 8 heteroatoms. The molecule has 0 fully saturated rings. The van der Waals surface area contributed by atoms with Crippen LogP contribution in [0.1, 0.15) is 18.1 Å². The third-order valence-corrected chi connectivity index (χ3v) is 2.58. The third kappa shape index (κ3) is 5.09. The molecule has 0 aliphatic rings. The molecule has 5 nitrogen and oxygen atoms in total. The van der Waals surface area contributed by atoms with E-state index in [2.05, 4.69) is 10.1 Å². The molecule has 0 aliphatic heterocycles. The fourth-order valence-corrected chi connectivity index (χ4v) is 1.62. The Kier molecular flexibility index (Phi) is 5.92. The predicted molar refractivity (Wildman–Crippen MR) is 69.3 cm³/mol. The van der Waals surface area contributed by atoms with Crippen LogP contribution in [0.15, 0.2) is 24.3 Å². The van der Waals surface area contributed by atoms with Gasteiger partial charge in [0.05, 0.1) is 24.7 Å². The van der Waals surface area contributed by atoms with Gasteiger partial charge in [-0.25, -0.2) is 4.79 Å². The number of carbonyl (C=O) groups is 2. The molecular formula is C14H13F3N2O3. The molecule has 22 heavy (non-hydrogen) atoms. The van der Waals surface area contributed by atoms with E-state index in [1.807, 2.05) is 0 Å². The van der Waals surface area contributed by atoms with Gasteiger partial charge < -0.3 is 10.1 Å². The van der Waals surface area contributed by atoms with E-state index >= 15 is 0 Å². The van der Waals surface area contributed by atoms with E-state index in [1.54, 1.807) is 6.07 Å². The van der Waals surface area contributed by atoms with Gasteiger partial charge >= 0.3 is 12.1 Å². The molecule has 1 aromatic carbocycles. The summed E-state index contributed by atoms with van der Waals surface area (Å²) in [4.78, 5) is 23.0. The van der Waals surface area contributed by atoms with Gasteiger partial charge in [-0.2, -0.15) is 18.4 Å². The lowest BCUT2D eigenvalue weighted by atomic mass is 10.1. The number of hydrogen-bond acceptors (Lipinski definition) is 4. The molecule has 0 saturated heterocycles. The maximum atomic E-state index is 12.6. The zero-order valence-electron chi connectivity index (χ0n) is 11.6. The molecule has 1 amide bonds. The Hall–Kier alpha value is -2.56. The topological polar surface area (TPSA) is 79.2 Å². The lowest BCUT2D eigenvalue weighted by Crippen LogP contribution is -2.41. The Morgan fingerprint density at radius 3 is 2.64 bits per heavy atom. The number of benzene rings is 1. The van der Waals surface area contributed by atoms with Gasteiger partial charge in [-0.15, -0.1) is 0 Å². The first kappa shape index (κ1) is 17.5. The summed E-state index contributed by atoms with van der Waals surface area (Å²) in [6, 6.07) is 4.32. The van der Waals surface area contributed by atoms with Gasteiger partial charge in [-0.3, -0.25) is 4.79 Å². The largest absolute Gasteiger partial charge is 0.464 e. The summed E-state index contributed by atoms with van der Waals surface area (Å²) >= 11 is 0. The van der Waals surface area contributed by atoms with Crippen LogP contribution in [0.2, 0.25) is 0 Å². The number of amides is 1. The number of hydrogen-bond donors (Lipinski definition) is 1. The number of nitrogens with zero attached hydrogens (tertiary/aromatic N) is 1. The van der Waals surface area contributed by atoms with E-state index in [1.165, 1.54) is 19.1 Å². The molecule has 0 unspecified atom stereocenters. The fraction of sp³-hybridized carbons (Fsp3) is 0.357. The molecular weight excluding hydrogens is 301 g/mol. The van der Waals surface area contributed by atoms with Crippen molar-refractivity contribution in [3.63, 3.8) is 0 Å². The summed E-state index contributed by atoms with van der Waals surface area (Å²) in [6.45, 7) is 1.58. The number of halogens is 3. The molecule has 1 rings (SSSR count). The van der Waals surface area contributed by atoms with Gasteiger partial charge in [0, 0.05) is 0 Å². The second kappa shape index (κ2) is 7.45. The fourth-order valence-electron chi connectivity index (χ4n) is 1.62. The second-order valence-corrected chi connectivity index (χ2v) is 4.26. The Labute approximate surface area is 124 Å². The summed E-state index contributed by atoms with van der Waals surface area (Å²) in [5, 5.41) is 10.9. The zero-order valence-corrected chi connectivity index (χ0v) is 11.6. The van der Waals surface area contributed by atoms with Crippen LogP contribution in [-0.2, 0) is 26.9 Å². The molecule has 1 atom stereocenters. The summed E-state index contributed by atoms with van der Waals surface area (Å²) in [6.07, 6.45) is -4.89. The normalized spacial score (nSPS) is 12.1. The average Bonchev–Trinajstić information content (AvgIpc) is 2.44.